The summed E-state index contributed by atoms with van der Waals surface area (Å²) in [5, 5.41) is 0. The number of carbonyl (C=O) groups excluding carboxylic acids is 1. The van der Waals surface area contributed by atoms with E-state index in [9.17, 15) is 4.79 Å². The van der Waals surface area contributed by atoms with E-state index in [4.69, 9.17) is 5.73 Å². The van der Waals surface area contributed by atoms with Crippen LogP contribution in [0.15, 0.2) is 0 Å². The Balaban J connectivity index is 2.67. The van der Waals surface area contributed by atoms with Gasteiger partial charge in [0.05, 0.1) is 0 Å². The highest BCUT2D eigenvalue weighted by atomic mass is 16.1. The molecule has 0 aromatic carbocycles. The summed E-state index contributed by atoms with van der Waals surface area (Å²) in [4.78, 5) is 10.9. The van der Waals surface area contributed by atoms with E-state index in [1.165, 1.54) is 19.3 Å². The Bertz CT molecular complexity index is 181. The van der Waals surface area contributed by atoms with Crippen LogP contribution in [0.4, 0.5) is 0 Å². The van der Waals surface area contributed by atoms with Crippen LogP contribution in [0.2, 0.25) is 0 Å². The lowest BCUT2D eigenvalue weighted by atomic mass is 9.65. The lowest BCUT2D eigenvalue weighted by Gasteiger charge is -2.40. The van der Waals surface area contributed by atoms with Crippen molar-refractivity contribution in [2.24, 2.45) is 11.3 Å². The van der Waals surface area contributed by atoms with Gasteiger partial charge in [-0.05, 0) is 24.2 Å². The van der Waals surface area contributed by atoms with Crippen LogP contribution >= 0.6 is 0 Å². The van der Waals surface area contributed by atoms with E-state index < -0.39 is 0 Å². The van der Waals surface area contributed by atoms with Crippen LogP contribution in [0.25, 0.3) is 0 Å². The van der Waals surface area contributed by atoms with E-state index in [1.54, 1.807) is 0 Å². The van der Waals surface area contributed by atoms with Gasteiger partial charge in [0.15, 0.2) is 0 Å². The molecule has 0 atom stereocenters. The number of rotatable bonds is 3. The van der Waals surface area contributed by atoms with Crippen LogP contribution in [0.3, 0.4) is 0 Å². The van der Waals surface area contributed by atoms with Gasteiger partial charge in [0.2, 0.25) is 5.91 Å². The van der Waals surface area contributed by atoms with Gasteiger partial charge in [0.1, 0.15) is 0 Å². The Morgan fingerprint density at radius 1 is 1.31 bits per heavy atom. The minimum absolute atomic E-state index is 0.164. The fraction of sp³-hybridized carbons (Fsp3) is 0.909. The van der Waals surface area contributed by atoms with Crippen molar-refractivity contribution in [2.45, 2.75) is 52.4 Å². The molecule has 0 heterocycles. The molecule has 1 fully saturated rings. The predicted octanol–water partition coefficient (Wildman–Crippen LogP) is 2.79. The number of nitrogens with one attached hydrogen (secondary N) is 1. The Morgan fingerprint density at radius 2 is 1.85 bits per heavy atom. The second kappa shape index (κ2) is 4.12. The van der Waals surface area contributed by atoms with Crippen LogP contribution in [-0.4, -0.2) is 5.91 Å². The molecule has 1 aliphatic rings. The van der Waals surface area contributed by atoms with E-state index >= 15 is 0 Å². The van der Waals surface area contributed by atoms with Gasteiger partial charge in [-0.25, -0.2) is 0 Å². The highest BCUT2D eigenvalue weighted by Crippen LogP contribution is 2.45. The molecule has 0 bridgehead atoms. The monoisotopic (exact) mass is 182 g/mol. The van der Waals surface area contributed by atoms with E-state index in [2.05, 4.69) is 13.8 Å². The molecule has 75 valence electrons. The van der Waals surface area contributed by atoms with Gasteiger partial charge in [-0.15, -0.1) is 0 Å². The lowest BCUT2D eigenvalue weighted by Crippen LogP contribution is -2.32. The van der Waals surface area contributed by atoms with Gasteiger partial charge < -0.3 is 0 Å². The quantitative estimate of drug-likeness (QED) is 0.661. The first-order valence-electron chi connectivity index (χ1n) is 5.31. The molecule has 0 aromatic rings. The second-order valence-corrected chi connectivity index (χ2v) is 4.68. The predicted molar refractivity (Wildman–Crippen MR) is 53.1 cm³/mol. The molecule has 0 unspecified atom stereocenters. The maximum absolute atomic E-state index is 10.9. The second-order valence-electron chi connectivity index (χ2n) is 4.68. The molecule has 0 aliphatic heterocycles. The summed E-state index contributed by atoms with van der Waals surface area (Å²) in [5.41, 5.74) is 7.26. The van der Waals surface area contributed by atoms with Crippen molar-refractivity contribution in [3.05, 3.63) is 0 Å². The van der Waals surface area contributed by atoms with Gasteiger partial charge in [0.25, 0.3) is 0 Å². The Labute approximate surface area is 80.9 Å². The first kappa shape index (κ1) is 10.6. The molecule has 2 heteroatoms. The first-order chi connectivity index (χ1) is 6.07. The third kappa shape index (κ3) is 2.45. The standard InChI is InChI=1S/C11H20NO/c1-9(2)11(8-10(12)13)6-4-3-5-7-11/h9,12H,3-8H2,1-2H3. The molecular weight excluding hydrogens is 162 g/mol. The highest BCUT2D eigenvalue weighted by molar-refractivity contribution is 5.73. The van der Waals surface area contributed by atoms with Crippen molar-refractivity contribution in [1.82, 2.24) is 5.73 Å². The van der Waals surface area contributed by atoms with Crippen LogP contribution in [0, 0.1) is 11.3 Å². The molecule has 1 saturated carbocycles. The molecule has 0 spiro atoms. The van der Waals surface area contributed by atoms with Gasteiger partial charge in [-0.3, -0.25) is 10.5 Å². The molecule has 0 saturated heterocycles. The summed E-state index contributed by atoms with van der Waals surface area (Å²) in [5.74, 6) is 0.165. The average molecular weight is 182 g/mol. The van der Waals surface area contributed by atoms with Crippen LogP contribution < -0.4 is 5.73 Å². The summed E-state index contributed by atoms with van der Waals surface area (Å²) in [6.45, 7) is 4.38. The fourth-order valence-corrected chi connectivity index (χ4v) is 2.53. The van der Waals surface area contributed by atoms with Gasteiger partial charge >= 0.3 is 0 Å². The molecule has 2 nitrogen and oxygen atoms in total. The smallest absolute Gasteiger partial charge is 0.238 e. The van der Waals surface area contributed by atoms with Crippen molar-refractivity contribution in [3.63, 3.8) is 0 Å². The molecule has 1 rings (SSSR count). The van der Waals surface area contributed by atoms with Gasteiger partial charge in [-0.1, -0.05) is 33.1 Å². The van der Waals surface area contributed by atoms with Crippen molar-refractivity contribution >= 4 is 5.91 Å². The van der Waals surface area contributed by atoms with E-state index in [0.29, 0.717) is 12.3 Å². The lowest BCUT2D eigenvalue weighted by molar-refractivity contribution is -0.122. The van der Waals surface area contributed by atoms with Crippen LogP contribution in [0.1, 0.15) is 52.4 Å². The molecule has 1 amide bonds. The fourth-order valence-electron chi connectivity index (χ4n) is 2.53. The molecule has 13 heavy (non-hydrogen) atoms. The summed E-state index contributed by atoms with van der Waals surface area (Å²) in [6.07, 6.45) is 6.56. The normalized spacial score (nSPS) is 21.8. The highest BCUT2D eigenvalue weighted by Gasteiger charge is 2.36. The van der Waals surface area contributed by atoms with Crippen molar-refractivity contribution < 1.29 is 4.79 Å². The summed E-state index contributed by atoms with van der Waals surface area (Å²) in [7, 11) is 0. The van der Waals surface area contributed by atoms with Gasteiger partial charge in [-0.2, -0.15) is 0 Å². The Morgan fingerprint density at radius 3 is 2.23 bits per heavy atom. The SMILES string of the molecule is CC(C)C1(CC([NH])=O)CCCCC1. The summed E-state index contributed by atoms with van der Waals surface area (Å²) in [6, 6.07) is 0. The molecule has 0 aromatic heterocycles. The number of hydrogen-bond donors (Lipinski definition) is 0. The van der Waals surface area contributed by atoms with Crippen molar-refractivity contribution in [3.8, 4) is 0 Å². The van der Waals surface area contributed by atoms with Crippen LogP contribution in [-0.2, 0) is 4.79 Å². The third-order valence-electron chi connectivity index (χ3n) is 3.59. The number of carbonyl (C=O) groups is 1. The minimum Gasteiger partial charge on any atom is -0.273 e. The summed E-state index contributed by atoms with van der Waals surface area (Å²) >= 11 is 0. The topological polar surface area (TPSA) is 40.9 Å². The van der Waals surface area contributed by atoms with E-state index in [0.717, 1.165) is 12.8 Å². The van der Waals surface area contributed by atoms with Crippen molar-refractivity contribution in [2.75, 3.05) is 0 Å². The maximum Gasteiger partial charge on any atom is 0.238 e. The number of hydrogen-bond acceptors (Lipinski definition) is 1. The summed E-state index contributed by atoms with van der Waals surface area (Å²) < 4.78 is 0. The van der Waals surface area contributed by atoms with Crippen LogP contribution in [0.5, 0.6) is 0 Å². The average Bonchev–Trinajstić information content (AvgIpc) is 2.04. The third-order valence-corrected chi connectivity index (χ3v) is 3.59. The zero-order valence-corrected chi connectivity index (χ0v) is 8.73. The largest absolute Gasteiger partial charge is 0.273 e. The number of amides is 1. The Kier molecular flexibility index (Phi) is 3.34. The molecule has 1 radical (unpaired) electrons. The molecule has 1 aliphatic carbocycles. The zero-order chi connectivity index (χ0) is 9.90. The Hall–Kier alpha value is -0.530. The van der Waals surface area contributed by atoms with E-state index in [1.807, 2.05) is 0 Å². The van der Waals surface area contributed by atoms with Crippen molar-refractivity contribution in [1.29, 1.82) is 0 Å². The molecular formula is C11H20NO. The minimum atomic E-state index is -0.379. The van der Waals surface area contributed by atoms with Gasteiger partial charge in [0, 0.05) is 6.42 Å². The first-order valence-corrected chi connectivity index (χ1v) is 5.31. The van der Waals surface area contributed by atoms with E-state index in [-0.39, 0.29) is 11.3 Å². The maximum atomic E-state index is 10.9. The molecule has 1 N–H and O–H groups in total. The zero-order valence-electron chi connectivity index (χ0n) is 8.73.